The molecule has 0 radical (unpaired) electrons. The Balaban J connectivity index is 0.000000195. The normalized spacial score (nSPS) is 30.2. The van der Waals surface area contributed by atoms with Crippen LogP contribution >= 0.6 is 0 Å². The van der Waals surface area contributed by atoms with E-state index in [-0.39, 0.29) is 0 Å². The molecule has 2 unspecified atom stereocenters. The minimum Gasteiger partial charge on any atom is -0.478 e. The molecule has 0 aromatic heterocycles. The molecule has 0 spiro atoms. The van der Waals surface area contributed by atoms with Gasteiger partial charge in [0.15, 0.2) is 0 Å². The highest BCUT2D eigenvalue weighted by atomic mass is 16.4. The zero-order valence-corrected chi connectivity index (χ0v) is 9.79. The fourth-order valence-electron chi connectivity index (χ4n) is 2.66. The highest BCUT2D eigenvalue weighted by Gasteiger charge is 2.49. The first-order chi connectivity index (χ1) is 6.89. The summed E-state index contributed by atoms with van der Waals surface area (Å²) >= 11 is 0. The first kappa shape index (κ1) is 12.0. The molecule has 0 aromatic rings. The topological polar surface area (TPSA) is 37.3 Å². The monoisotopic (exact) mass is 208 g/mol. The van der Waals surface area contributed by atoms with E-state index in [1.165, 1.54) is 12.8 Å². The van der Waals surface area contributed by atoms with Gasteiger partial charge in [0.25, 0.3) is 0 Å². The molecule has 3 aliphatic carbocycles. The Morgan fingerprint density at radius 2 is 2.20 bits per heavy atom. The number of carboxylic acid groups (broad SMARTS) is 1. The second-order valence-electron chi connectivity index (χ2n) is 5.03. The Kier molecular flexibility index (Phi) is 3.38. The number of allylic oxidation sites excluding steroid dienone is 2. The number of hydrogen-bond donors (Lipinski definition) is 1. The number of carbonyl (C=O) groups is 1. The highest BCUT2D eigenvalue weighted by Crippen LogP contribution is 2.58. The van der Waals surface area contributed by atoms with Crippen LogP contribution < -0.4 is 0 Å². The molecular weight excluding hydrogens is 188 g/mol. The third kappa shape index (κ3) is 2.31. The van der Waals surface area contributed by atoms with Gasteiger partial charge in [-0.15, -0.1) is 0 Å². The molecule has 3 rings (SSSR count). The van der Waals surface area contributed by atoms with Gasteiger partial charge in [-0.3, -0.25) is 0 Å². The lowest BCUT2D eigenvalue weighted by atomic mass is 9.49. The van der Waals surface area contributed by atoms with Crippen LogP contribution in [0.3, 0.4) is 0 Å². The Bertz CT molecular complexity index is 300. The van der Waals surface area contributed by atoms with Crippen LogP contribution in [0, 0.1) is 17.3 Å². The molecule has 1 N–H and O–H groups in total. The summed E-state index contributed by atoms with van der Waals surface area (Å²) < 4.78 is 0. The number of hydrogen-bond acceptors (Lipinski definition) is 1. The molecule has 0 saturated heterocycles. The summed E-state index contributed by atoms with van der Waals surface area (Å²) in [7, 11) is 0. The first-order valence-electron chi connectivity index (χ1n) is 5.41. The maximum Gasteiger partial charge on any atom is 0.327 e. The Morgan fingerprint density at radius 3 is 2.40 bits per heavy atom. The molecular formula is C13H20O2. The Morgan fingerprint density at radius 1 is 1.67 bits per heavy atom. The standard InChI is InChI=1S/C10H16.C3H4O2/c1-7-4-5-8-6-9(7)10(8,2)3;1-2-3(4)5/h4,8-9H,5-6H2,1-3H3;2H,1H2,(H,4,5). The van der Waals surface area contributed by atoms with Gasteiger partial charge >= 0.3 is 5.97 Å². The predicted octanol–water partition coefficient (Wildman–Crippen LogP) is 3.26. The van der Waals surface area contributed by atoms with Crippen molar-refractivity contribution in [2.45, 2.75) is 33.6 Å². The Hall–Kier alpha value is -1.05. The SMILES string of the molecule is C=CC(=O)O.CC1=CCC2CC1C2(C)C. The third-order valence-electron chi connectivity index (χ3n) is 3.92. The van der Waals surface area contributed by atoms with Crippen molar-refractivity contribution < 1.29 is 9.90 Å². The number of rotatable bonds is 1. The minimum atomic E-state index is -0.981. The molecule has 1 fully saturated rings. The van der Waals surface area contributed by atoms with Gasteiger partial charge in [0, 0.05) is 6.08 Å². The van der Waals surface area contributed by atoms with Gasteiger partial charge in [-0.05, 0) is 37.0 Å². The number of fused-ring (bicyclic) bond motifs is 1. The second kappa shape index (κ2) is 4.21. The maximum absolute atomic E-state index is 9.25. The molecule has 15 heavy (non-hydrogen) atoms. The first-order valence-corrected chi connectivity index (χ1v) is 5.41. The van der Waals surface area contributed by atoms with Gasteiger partial charge in [-0.2, -0.15) is 0 Å². The van der Waals surface area contributed by atoms with Crippen LogP contribution in [0.15, 0.2) is 24.3 Å². The third-order valence-corrected chi connectivity index (χ3v) is 3.92. The number of carboxylic acids is 1. The minimum absolute atomic E-state index is 0.638. The maximum atomic E-state index is 9.25. The molecule has 2 heteroatoms. The van der Waals surface area contributed by atoms with Crippen molar-refractivity contribution >= 4 is 5.97 Å². The van der Waals surface area contributed by atoms with Crippen molar-refractivity contribution in [3.63, 3.8) is 0 Å². The van der Waals surface area contributed by atoms with E-state index < -0.39 is 5.97 Å². The molecule has 0 heterocycles. The molecule has 3 aliphatic rings. The van der Waals surface area contributed by atoms with Crippen molar-refractivity contribution in [1.82, 2.24) is 0 Å². The summed E-state index contributed by atoms with van der Waals surface area (Å²) in [4.78, 5) is 9.25. The number of aliphatic carboxylic acids is 1. The lowest BCUT2D eigenvalue weighted by Crippen LogP contribution is -2.47. The lowest BCUT2D eigenvalue weighted by Gasteiger charge is -2.56. The summed E-state index contributed by atoms with van der Waals surface area (Å²) in [5.74, 6) is 0.942. The quantitative estimate of drug-likeness (QED) is 0.530. The summed E-state index contributed by atoms with van der Waals surface area (Å²) in [6.45, 7) is 10.1. The summed E-state index contributed by atoms with van der Waals surface area (Å²) in [5, 5.41) is 7.60. The van der Waals surface area contributed by atoms with Crippen molar-refractivity contribution in [3.05, 3.63) is 24.3 Å². The molecule has 2 bridgehead atoms. The van der Waals surface area contributed by atoms with Crippen LogP contribution in [-0.2, 0) is 4.79 Å². The van der Waals surface area contributed by atoms with Crippen LogP contribution in [-0.4, -0.2) is 11.1 Å². The zero-order valence-electron chi connectivity index (χ0n) is 9.79. The summed E-state index contributed by atoms with van der Waals surface area (Å²) in [5.41, 5.74) is 2.28. The van der Waals surface area contributed by atoms with E-state index >= 15 is 0 Å². The van der Waals surface area contributed by atoms with Gasteiger partial charge in [0.2, 0.25) is 0 Å². The average Bonchev–Trinajstić information content (AvgIpc) is 2.18. The van der Waals surface area contributed by atoms with Gasteiger partial charge in [-0.25, -0.2) is 4.79 Å². The predicted molar refractivity (Wildman–Crippen MR) is 61.6 cm³/mol. The van der Waals surface area contributed by atoms with E-state index in [0.29, 0.717) is 5.41 Å². The molecule has 1 saturated carbocycles. The second-order valence-corrected chi connectivity index (χ2v) is 5.03. The molecule has 2 atom stereocenters. The molecule has 2 nitrogen and oxygen atoms in total. The lowest BCUT2D eigenvalue weighted by molar-refractivity contribution is -0.131. The van der Waals surface area contributed by atoms with E-state index in [4.69, 9.17) is 5.11 Å². The van der Waals surface area contributed by atoms with E-state index in [9.17, 15) is 4.79 Å². The van der Waals surface area contributed by atoms with Gasteiger partial charge in [0.1, 0.15) is 0 Å². The average molecular weight is 208 g/mol. The molecule has 0 aromatic carbocycles. The highest BCUT2D eigenvalue weighted by molar-refractivity contribution is 5.78. The van der Waals surface area contributed by atoms with Crippen LogP contribution in [0.5, 0.6) is 0 Å². The molecule has 0 amide bonds. The summed E-state index contributed by atoms with van der Waals surface area (Å²) in [6.07, 6.45) is 6.08. The van der Waals surface area contributed by atoms with Crippen molar-refractivity contribution in [2.24, 2.45) is 17.3 Å². The van der Waals surface area contributed by atoms with E-state index in [2.05, 4.69) is 33.4 Å². The van der Waals surface area contributed by atoms with Gasteiger partial charge in [0.05, 0.1) is 0 Å². The molecule has 84 valence electrons. The van der Waals surface area contributed by atoms with Crippen molar-refractivity contribution in [2.75, 3.05) is 0 Å². The van der Waals surface area contributed by atoms with Crippen LogP contribution in [0.2, 0.25) is 0 Å². The van der Waals surface area contributed by atoms with E-state index in [1.54, 1.807) is 5.57 Å². The Labute approximate surface area is 91.7 Å². The smallest absolute Gasteiger partial charge is 0.327 e. The fourth-order valence-corrected chi connectivity index (χ4v) is 2.66. The van der Waals surface area contributed by atoms with Crippen molar-refractivity contribution in [3.8, 4) is 0 Å². The van der Waals surface area contributed by atoms with Gasteiger partial charge in [-0.1, -0.05) is 32.1 Å². The summed E-state index contributed by atoms with van der Waals surface area (Å²) in [6, 6.07) is 0. The van der Waals surface area contributed by atoms with Crippen molar-refractivity contribution in [1.29, 1.82) is 0 Å². The van der Waals surface area contributed by atoms with Crippen LogP contribution in [0.25, 0.3) is 0 Å². The zero-order chi connectivity index (χ0) is 11.6. The van der Waals surface area contributed by atoms with E-state index in [0.717, 1.165) is 17.9 Å². The van der Waals surface area contributed by atoms with Gasteiger partial charge < -0.3 is 5.11 Å². The molecule has 0 aliphatic heterocycles. The fraction of sp³-hybridized carbons (Fsp3) is 0.615. The van der Waals surface area contributed by atoms with Crippen LogP contribution in [0.1, 0.15) is 33.6 Å². The van der Waals surface area contributed by atoms with E-state index in [1.807, 2.05) is 0 Å². The van der Waals surface area contributed by atoms with Crippen LogP contribution in [0.4, 0.5) is 0 Å². The largest absolute Gasteiger partial charge is 0.478 e.